The predicted molar refractivity (Wildman–Crippen MR) is 99.0 cm³/mol. The third-order valence-electron chi connectivity index (χ3n) is 4.99. The molecule has 176 valence electrons. The Kier molecular flexibility index (Phi) is 7.84. The summed E-state index contributed by atoms with van der Waals surface area (Å²) in [6.45, 7) is 1.43. The van der Waals surface area contributed by atoms with E-state index in [1.165, 1.54) is 41.0 Å². The molecule has 14 heteroatoms. The highest BCUT2D eigenvalue weighted by atomic mass is 32.2. The number of nitrogens with zero attached hydrogens (tertiary/aromatic N) is 3. The van der Waals surface area contributed by atoms with Crippen molar-refractivity contribution in [3.8, 4) is 5.88 Å². The van der Waals surface area contributed by atoms with Crippen molar-refractivity contribution in [2.75, 3.05) is 40.4 Å². The lowest BCUT2D eigenvalue weighted by molar-refractivity contribution is -0.192. The zero-order valence-corrected chi connectivity index (χ0v) is 17.6. The summed E-state index contributed by atoms with van der Waals surface area (Å²) in [4.78, 5) is 12.8. The molecule has 31 heavy (non-hydrogen) atoms. The fraction of sp³-hybridized carbons (Fsp3) is 0.647. The number of halogens is 4. The molecule has 2 fully saturated rings. The van der Waals surface area contributed by atoms with Crippen molar-refractivity contribution in [3.63, 3.8) is 0 Å². The van der Waals surface area contributed by atoms with Gasteiger partial charge in [-0.2, -0.15) is 30.2 Å². The van der Waals surface area contributed by atoms with Crippen LogP contribution in [-0.2, 0) is 19.7 Å². The molecule has 2 saturated heterocycles. The first-order chi connectivity index (χ1) is 14.3. The molecule has 9 nitrogen and oxygen atoms in total. The number of aliphatic carboxylic acids is 1. The lowest BCUT2D eigenvalue weighted by Crippen LogP contribution is -2.56. The number of rotatable bonds is 5. The van der Waals surface area contributed by atoms with Gasteiger partial charge in [0.25, 0.3) is 10.2 Å². The largest absolute Gasteiger partial charge is 0.490 e. The van der Waals surface area contributed by atoms with Gasteiger partial charge in [-0.25, -0.2) is 14.2 Å². The minimum atomic E-state index is -5.08. The van der Waals surface area contributed by atoms with Crippen LogP contribution in [0.4, 0.5) is 17.6 Å². The van der Waals surface area contributed by atoms with Gasteiger partial charge in [0.2, 0.25) is 5.88 Å². The molecule has 0 unspecified atom stereocenters. The van der Waals surface area contributed by atoms with Gasteiger partial charge in [-0.05, 0) is 25.0 Å². The SMILES string of the molecule is CN(C)S(=O)(=O)N1CC[C@H]2OCC[C@@]2(COc2ncccc2F)C1.O=C(O)C(F)(F)F. The highest BCUT2D eigenvalue weighted by Crippen LogP contribution is 2.42. The molecule has 0 spiro atoms. The topological polar surface area (TPSA) is 109 Å². The van der Waals surface area contributed by atoms with Crippen LogP contribution in [0.25, 0.3) is 0 Å². The second-order valence-corrected chi connectivity index (χ2v) is 9.41. The number of fused-ring (bicyclic) bond motifs is 1. The monoisotopic (exact) mass is 473 g/mol. The minimum Gasteiger partial charge on any atom is -0.475 e. The van der Waals surface area contributed by atoms with Gasteiger partial charge >= 0.3 is 12.1 Å². The van der Waals surface area contributed by atoms with Crippen LogP contribution < -0.4 is 4.74 Å². The van der Waals surface area contributed by atoms with Gasteiger partial charge in [-0.15, -0.1) is 0 Å². The van der Waals surface area contributed by atoms with Gasteiger partial charge in [0.1, 0.15) is 0 Å². The van der Waals surface area contributed by atoms with Crippen molar-refractivity contribution < 1.29 is 45.4 Å². The molecule has 1 N–H and O–H groups in total. The molecule has 2 atom stereocenters. The van der Waals surface area contributed by atoms with Crippen molar-refractivity contribution >= 4 is 16.2 Å². The van der Waals surface area contributed by atoms with E-state index in [0.29, 0.717) is 32.5 Å². The molecule has 3 rings (SSSR count). The van der Waals surface area contributed by atoms with Gasteiger partial charge in [0, 0.05) is 45.4 Å². The maximum absolute atomic E-state index is 13.7. The van der Waals surface area contributed by atoms with Crippen LogP contribution in [0.5, 0.6) is 5.88 Å². The molecule has 0 saturated carbocycles. The molecule has 0 radical (unpaired) electrons. The number of ether oxygens (including phenoxy) is 2. The first-order valence-electron chi connectivity index (χ1n) is 9.12. The van der Waals surface area contributed by atoms with E-state index >= 15 is 0 Å². The van der Waals surface area contributed by atoms with Crippen LogP contribution >= 0.6 is 0 Å². The molecule has 1 aromatic rings. The second kappa shape index (κ2) is 9.63. The summed E-state index contributed by atoms with van der Waals surface area (Å²) in [5.74, 6) is -3.35. The third kappa shape index (κ3) is 6.02. The lowest BCUT2D eigenvalue weighted by Gasteiger charge is -2.43. The molecule has 0 amide bonds. The summed E-state index contributed by atoms with van der Waals surface area (Å²) in [7, 11) is -0.476. The number of carboxylic acids is 1. The molecule has 2 aliphatic heterocycles. The lowest BCUT2D eigenvalue weighted by atomic mass is 9.78. The Morgan fingerprint density at radius 3 is 2.65 bits per heavy atom. The summed E-state index contributed by atoms with van der Waals surface area (Å²) in [5.41, 5.74) is -0.481. The number of hydrogen-bond acceptors (Lipinski definition) is 6. The summed E-state index contributed by atoms with van der Waals surface area (Å²) in [5, 5.41) is 7.12. The standard InChI is InChI=1S/C15H22FN3O4S.C2HF3O2/c1-18(2)24(20,21)19-8-5-13-15(10-19,6-9-22-13)11-23-14-12(16)4-3-7-17-14;3-2(4,5)1(6)7/h3-4,7,13H,5-6,8-11H2,1-2H3;(H,6,7)/t13-,15+;/m1./s1. The van der Waals surface area contributed by atoms with Gasteiger partial charge in [0.15, 0.2) is 5.82 Å². The minimum absolute atomic E-state index is 0.0647. The van der Waals surface area contributed by atoms with Gasteiger partial charge in [-0.1, -0.05) is 0 Å². The number of carbonyl (C=O) groups is 1. The van der Waals surface area contributed by atoms with Crippen LogP contribution in [-0.4, -0.2) is 85.8 Å². The second-order valence-electron chi connectivity index (χ2n) is 7.27. The Bertz CT molecular complexity index is 883. The Morgan fingerprint density at radius 2 is 2.10 bits per heavy atom. The maximum atomic E-state index is 13.7. The number of pyridine rings is 1. The number of alkyl halides is 3. The molecule has 2 aliphatic rings. The van der Waals surface area contributed by atoms with E-state index in [1.807, 2.05) is 0 Å². The number of piperidine rings is 1. The molecule has 0 bridgehead atoms. The first-order valence-corrected chi connectivity index (χ1v) is 10.5. The fourth-order valence-corrected chi connectivity index (χ4v) is 4.55. The van der Waals surface area contributed by atoms with E-state index in [-0.39, 0.29) is 18.6 Å². The van der Waals surface area contributed by atoms with Crippen LogP contribution in [0.1, 0.15) is 12.8 Å². The predicted octanol–water partition coefficient (Wildman–Crippen LogP) is 1.52. The van der Waals surface area contributed by atoms with Crippen molar-refractivity contribution in [1.29, 1.82) is 0 Å². The molecule has 3 heterocycles. The highest BCUT2D eigenvalue weighted by molar-refractivity contribution is 7.86. The van der Waals surface area contributed by atoms with Gasteiger partial charge < -0.3 is 14.6 Å². The quantitative estimate of drug-likeness (QED) is 0.646. The van der Waals surface area contributed by atoms with Crippen LogP contribution in [0.15, 0.2) is 18.3 Å². The molecule has 1 aromatic heterocycles. The van der Waals surface area contributed by atoms with Crippen molar-refractivity contribution in [3.05, 3.63) is 24.1 Å². The summed E-state index contributed by atoms with van der Waals surface area (Å²) < 4.78 is 84.4. The third-order valence-corrected chi connectivity index (χ3v) is 6.87. The molecular formula is C17H23F4N3O6S. The van der Waals surface area contributed by atoms with E-state index in [2.05, 4.69) is 4.98 Å². The Morgan fingerprint density at radius 1 is 1.45 bits per heavy atom. The summed E-state index contributed by atoms with van der Waals surface area (Å²) in [6, 6.07) is 2.78. The van der Waals surface area contributed by atoms with E-state index < -0.39 is 33.6 Å². The van der Waals surface area contributed by atoms with Gasteiger partial charge in [-0.3, -0.25) is 0 Å². The van der Waals surface area contributed by atoms with E-state index in [1.54, 1.807) is 0 Å². The maximum Gasteiger partial charge on any atom is 0.490 e. The Labute approximate surface area is 176 Å². The van der Waals surface area contributed by atoms with Crippen LogP contribution in [0.3, 0.4) is 0 Å². The first kappa shape index (κ1) is 25.2. The normalized spacial score (nSPS) is 24.3. The van der Waals surface area contributed by atoms with E-state index in [4.69, 9.17) is 19.4 Å². The van der Waals surface area contributed by atoms with Crippen molar-refractivity contribution in [2.24, 2.45) is 5.41 Å². The summed E-state index contributed by atoms with van der Waals surface area (Å²) in [6.07, 6.45) is -2.44. The van der Waals surface area contributed by atoms with Crippen molar-refractivity contribution in [1.82, 2.24) is 13.6 Å². The Balaban J connectivity index is 0.000000423. The zero-order valence-electron chi connectivity index (χ0n) is 16.8. The van der Waals surface area contributed by atoms with E-state index in [0.717, 1.165) is 0 Å². The number of hydrogen-bond donors (Lipinski definition) is 1. The van der Waals surface area contributed by atoms with E-state index in [9.17, 15) is 26.0 Å². The fourth-order valence-electron chi connectivity index (χ4n) is 3.33. The number of aromatic nitrogens is 1. The van der Waals surface area contributed by atoms with Crippen molar-refractivity contribution in [2.45, 2.75) is 25.1 Å². The smallest absolute Gasteiger partial charge is 0.475 e. The average molecular weight is 473 g/mol. The van der Waals surface area contributed by atoms with Crippen LogP contribution in [0, 0.1) is 11.2 Å². The average Bonchev–Trinajstić information content (AvgIpc) is 3.10. The van der Waals surface area contributed by atoms with Crippen LogP contribution in [0.2, 0.25) is 0 Å². The Hall–Kier alpha value is -2.03. The molecular weight excluding hydrogens is 450 g/mol. The molecule has 0 aromatic carbocycles. The summed E-state index contributed by atoms with van der Waals surface area (Å²) >= 11 is 0. The number of carboxylic acid groups (broad SMARTS) is 1. The highest BCUT2D eigenvalue weighted by Gasteiger charge is 2.51. The zero-order chi connectivity index (χ0) is 23.4. The van der Waals surface area contributed by atoms with Gasteiger partial charge in [0.05, 0.1) is 12.7 Å². The molecule has 0 aliphatic carbocycles.